The Morgan fingerprint density at radius 3 is 2.79 bits per heavy atom. The standard InChI is InChI=1S/C17H16FN3O3/c1-4-24-17(22)15-16-20-14(5-10(2)21(16)9-19-15)11-6-12(18)8-13(7-11)23-3/h5-9H,4H2,1-3H3. The highest BCUT2D eigenvalue weighted by atomic mass is 19.1. The lowest BCUT2D eigenvalue weighted by molar-refractivity contribution is 0.0522. The molecule has 0 fully saturated rings. The molecular formula is C17H16FN3O3. The van der Waals surface area contributed by atoms with Crippen molar-refractivity contribution in [2.24, 2.45) is 0 Å². The second-order valence-electron chi connectivity index (χ2n) is 5.17. The van der Waals surface area contributed by atoms with Crippen molar-refractivity contribution in [1.82, 2.24) is 14.4 Å². The molecule has 0 aliphatic rings. The fraction of sp³-hybridized carbons (Fsp3) is 0.235. The predicted molar refractivity (Wildman–Crippen MR) is 85.6 cm³/mol. The summed E-state index contributed by atoms with van der Waals surface area (Å²) in [6.07, 6.45) is 1.51. The van der Waals surface area contributed by atoms with Gasteiger partial charge in [-0.05, 0) is 32.0 Å². The summed E-state index contributed by atoms with van der Waals surface area (Å²) < 4.78 is 25.5. The molecule has 0 spiro atoms. The van der Waals surface area contributed by atoms with Crippen molar-refractivity contribution in [2.45, 2.75) is 13.8 Å². The number of imidazole rings is 1. The third kappa shape index (κ3) is 2.80. The molecule has 0 unspecified atom stereocenters. The van der Waals surface area contributed by atoms with Gasteiger partial charge in [0, 0.05) is 17.3 Å². The molecule has 3 rings (SSSR count). The van der Waals surface area contributed by atoms with Gasteiger partial charge in [0.2, 0.25) is 0 Å². The van der Waals surface area contributed by atoms with Crippen molar-refractivity contribution in [1.29, 1.82) is 0 Å². The number of ether oxygens (including phenoxy) is 2. The number of fused-ring (bicyclic) bond motifs is 1. The monoisotopic (exact) mass is 329 g/mol. The topological polar surface area (TPSA) is 65.7 Å². The summed E-state index contributed by atoms with van der Waals surface area (Å²) >= 11 is 0. The van der Waals surface area contributed by atoms with Gasteiger partial charge in [0.15, 0.2) is 11.3 Å². The molecule has 0 bridgehead atoms. The first-order chi connectivity index (χ1) is 11.5. The number of carbonyl (C=O) groups is 1. The van der Waals surface area contributed by atoms with E-state index in [4.69, 9.17) is 9.47 Å². The number of benzene rings is 1. The minimum absolute atomic E-state index is 0.130. The molecule has 2 heterocycles. The van der Waals surface area contributed by atoms with E-state index >= 15 is 0 Å². The van der Waals surface area contributed by atoms with Crippen LogP contribution in [0.4, 0.5) is 4.39 Å². The van der Waals surface area contributed by atoms with Gasteiger partial charge in [0.05, 0.1) is 19.4 Å². The van der Waals surface area contributed by atoms with Gasteiger partial charge in [0.1, 0.15) is 17.9 Å². The first-order valence-electron chi connectivity index (χ1n) is 7.40. The fourth-order valence-corrected chi connectivity index (χ4v) is 2.44. The van der Waals surface area contributed by atoms with Crippen molar-refractivity contribution < 1.29 is 18.7 Å². The molecule has 0 N–H and O–H groups in total. The van der Waals surface area contributed by atoms with Crippen LogP contribution in [-0.2, 0) is 4.74 Å². The SMILES string of the molecule is CCOC(=O)c1ncn2c(C)cc(-c3cc(F)cc(OC)c3)nc12. The molecule has 1 aromatic carbocycles. The Balaban J connectivity index is 2.18. The van der Waals surface area contributed by atoms with E-state index in [1.165, 1.54) is 25.6 Å². The van der Waals surface area contributed by atoms with Gasteiger partial charge in [-0.2, -0.15) is 0 Å². The summed E-state index contributed by atoms with van der Waals surface area (Å²) in [5, 5.41) is 0. The summed E-state index contributed by atoms with van der Waals surface area (Å²) in [6, 6.07) is 6.12. The first-order valence-corrected chi connectivity index (χ1v) is 7.40. The maximum Gasteiger partial charge on any atom is 0.360 e. The van der Waals surface area contributed by atoms with E-state index in [0.717, 1.165) is 5.69 Å². The highest BCUT2D eigenvalue weighted by Gasteiger charge is 2.18. The Hall–Kier alpha value is -2.96. The number of hydrogen-bond acceptors (Lipinski definition) is 5. The van der Waals surface area contributed by atoms with Gasteiger partial charge < -0.3 is 9.47 Å². The molecule has 124 valence electrons. The number of rotatable bonds is 4. The lowest BCUT2D eigenvalue weighted by atomic mass is 10.1. The Morgan fingerprint density at radius 2 is 2.08 bits per heavy atom. The van der Waals surface area contributed by atoms with Crippen molar-refractivity contribution >= 4 is 11.6 Å². The molecule has 6 nitrogen and oxygen atoms in total. The minimum Gasteiger partial charge on any atom is -0.497 e. The molecule has 3 aromatic rings. The number of hydrogen-bond donors (Lipinski definition) is 0. The van der Waals surface area contributed by atoms with E-state index in [2.05, 4.69) is 9.97 Å². The van der Waals surface area contributed by atoms with Gasteiger partial charge in [-0.15, -0.1) is 0 Å². The predicted octanol–water partition coefficient (Wildman–Crippen LogP) is 3.03. The van der Waals surface area contributed by atoms with Crippen LogP contribution in [0.1, 0.15) is 23.1 Å². The van der Waals surface area contributed by atoms with Crippen LogP contribution < -0.4 is 4.74 Å². The number of esters is 1. The van der Waals surface area contributed by atoms with Crippen LogP contribution in [0.3, 0.4) is 0 Å². The maximum absolute atomic E-state index is 13.8. The average Bonchev–Trinajstić information content (AvgIpc) is 2.99. The fourth-order valence-electron chi connectivity index (χ4n) is 2.44. The number of halogens is 1. The summed E-state index contributed by atoms with van der Waals surface area (Å²) in [6.45, 7) is 3.82. The van der Waals surface area contributed by atoms with Crippen LogP contribution in [0.5, 0.6) is 5.75 Å². The number of nitrogens with zero attached hydrogens (tertiary/aromatic N) is 3. The highest BCUT2D eigenvalue weighted by Crippen LogP contribution is 2.26. The molecule has 0 radical (unpaired) electrons. The third-order valence-electron chi connectivity index (χ3n) is 3.57. The van der Waals surface area contributed by atoms with E-state index in [-0.39, 0.29) is 12.3 Å². The van der Waals surface area contributed by atoms with Crippen molar-refractivity contribution in [3.05, 3.63) is 47.8 Å². The summed E-state index contributed by atoms with van der Waals surface area (Å²) in [5.41, 5.74) is 2.37. The Kier molecular flexibility index (Phi) is 4.16. The normalized spacial score (nSPS) is 10.8. The van der Waals surface area contributed by atoms with Crippen LogP contribution in [0.15, 0.2) is 30.6 Å². The van der Waals surface area contributed by atoms with E-state index in [1.54, 1.807) is 23.5 Å². The summed E-state index contributed by atoms with van der Waals surface area (Å²) in [5.74, 6) is -0.577. The zero-order valence-corrected chi connectivity index (χ0v) is 13.5. The zero-order valence-electron chi connectivity index (χ0n) is 13.5. The Morgan fingerprint density at radius 1 is 1.29 bits per heavy atom. The van der Waals surface area contributed by atoms with Gasteiger partial charge >= 0.3 is 5.97 Å². The summed E-state index contributed by atoms with van der Waals surface area (Å²) in [7, 11) is 1.47. The quantitative estimate of drug-likeness (QED) is 0.688. The van der Waals surface area contributed by atoms with Crippen LogP contribution in [0.25, 0.3) is 16.9 Å². The van der Waals surface area contributed by atoms with E-state index < -0.39 is 11.8 Å². The van der Waals surface area contributed by atoms with Gasteiger partial charge in [-0.3, -0.25) is 4.40 Å². The van der Waals surface area contributed by atoms with Gasteiger partial charge in [-0.25, -0.2) is 19.2 Å². The van der Waals surface area contributed by atoms with E-state index in [1.807, 2.05) is 6.92 Å². The largest absolute Gasteiger partial charge is 0.497 e. The second kappa shape index (κ2) is 6.27. The van der Waals surface area contributed by atoms with Crippen molar-refractivity contribution in [3.63, 3.8) is 0 Å². The lowest BCUT2D eigenvalue weighted by Gasteiger charge is -2.08. The molecule has 0 saturated carbocycles. The number of methoxy groups -OCH3 is 1. The van der Waals surface area contributed by atoms with Gasteiger partial charge in [0.25, 0.3) is 0 Å². The maximum atomic E-state index is 13.8. The number of aromatic nitrogens is 3. The number of carbonyl (C=O) groups excluding carboxylic acids is 1. The summed E-state index contributed by atoms with van der Waals surface area (Å²) in [4.78, 5) is 20.6. The molecule has 0 amide bonds. The molecule has 7 heteroatoms. The first kappa shape index (κ1) is 15.9. The molecule has 2 aromatic heterocycles. The molecule has 0 aliphatic heterocycles. The molecule has 0 saturated heterocycles. The third-order valence-corrected chi connectivity index (χ3v) is 3.57. The molecule has 0 aliphatic carbocycles. The molecule has 24 heavy (non-hydrogen) atoms. The highest BCUT2D eigenvalue weighted by molar-refractivity contribution is 5.94. The van der Waals surface area contributed by atoms with Crippen molar-refractivity contribution in [2.75, 3.05) is 13.7 Å². The van der Waals surface area contributed by atoms with Gasteiger partial charge in [-0.1, -0.05) is 0 Å². The second-order valence-corrected chi connectivity index (χ2v) is 5.17. The molecule has 0 atom stereocenters. The van der Waals surface area contributed by atoms with Crippen LogP contribution >= 0.6 is 0 Å². The van der Waals surface area contributed by atoms with Crippen LogP contribution in [0.2, 0.25) is 0 Å². The zero-order chi connectivity index (χ0) is 17.3. The van der Waals surface area contributed by atoms with Crippen LogP contribution in [-0.4, -0.2) is 34.1 Å². The van der Waals surface area contributed by atoms with E-state index in [0.29, 0.717) is 22.7 Å². The smallest absolute Gasteiger partial charge is 0.360 e. The van der Waals surface area contributed by atoms with Crippen molar-refractivity contribution in [3.8, 4) is 17.0 Å². The molecular weight excluding hydrogens is 313 g/mol. The van der Waals surface area contributed by atoms with Crippen LogP contribution in [0, 0.1) is 12.7 Å². The Labute approximate surface area is 137 Å². The average molecular weight is 329 g/mol. The Bertz CT molecular complexity index is 921. The minimum atomic E-state index is -0.541. The number of aryl methyl sites for hydroxylation is 1. The lowest BCUT2D eigenvalue weighted by Crippen LogP contribution is -2.07. The van der Waals surface area contributed by atoms with E-state index in [9.17, 15) is 9.18 Å².